The highest BCUT2D eigenvalue weighted by Crippen LogP contribution is 2.25. The van der Waals surface area contributed by atoms with Gasteiger partial charge in [-0.2, -0.15) is 0 Å². The second-order valence-electron chi connectivity index (χ2n) is 5.66. The smallest absolute Gasteiger partial charge is 0.225 e. The third kappa shape index (κ3) is 4.19. The topological polar surface area (TPSA) is 78.6 Å². The van der Waals surface area contributed by atoms with Gasteiger partial charge in [0.25, 0.3) is 0 Å². The Bertz CT molecular complexity index is 486. The van der Waals surface area contributed by atoms with Crippen molar-refractivity contribution in [2.75, 3.05) is 30.7 Å². The molecular formula is C16H25N3O2. The zero-order chi connectivity index (χ0) is 15.2. The van der Waals surface area contributed by atoms with E-state index in [2.05, 4.69) is 10.2 Å². The number of hydrogen-bond donors (Lipinski definition) is 3. The first-order chi connectivity index (χ1) is 10.1. The third-order valence-electron chi connectivity index (χ3n) is 4.25. The average Bonchev–Trinajstić information content (AvgIpc) is 2.39. The number of carbonyl (C=O) groups is 1. The molecule has 0 atom stereocenters. The van der Waals surface area contributed by atoms with Crippen molar-refractivity contribution in [2.45, 2.75) is 38.6 Å². The SMILES string of the molecule is Cc1c(N)cccc1NC(=O)CCN(CCO)C1CCC1. The number of nitrogens with zero attached hydrogens (tertiary/aromatic N) is 1. The summed E-state index contributed by atoms with van der Waals surface area (Å²) in [5.41, 5.74) is 8.20. The molecule has 0 aliphatic heterocycles. The minimum atomic E-state index is -0.00837. The maximum absolute atomic E-state index is 12.1. The number of nitrogen functional groups attached to an aromatic ring is 1. The van der Waals surface area contributed by atoms with Crippen LogP contribution in [0.3, 0.4) is 0 Å². The van der Waals surface area contributed by atoms with Crippen LogP contribution in [0.2, 0.25) is 0 Å². The maximum atomic E-state index is 12.1. The van der Waals surface area contributed by atoms with Crippen LogP contribution in [0.4, 0.5) is 11.4 Å². The van der Waals surface area contributed by atoms with Crippen LogP contribution in [0.5, 0.6) is 0 Å². The normalized spacial score (nSPS) is 15.0. The van der Waals surface area contributed by atoms with Crippen LogP contribution in [0.1, 0.15) is 31.2 Å². The molecule has 0 radical (unpaired) electrons. The fourth-order valence-corrected chi connectivity index (χ4v) is 2.60. The molecule has 5 heteroatoms. The molecule has 0 saturated heterocycles. The van der Waals surface area contributed by atoms with E-state index in [4.69, 9.17) is 10.8 Å². The second kappa shape index (κ2) is 7.43. The van der Waals surface area contributed by atoms with Gasteiger partial charge in [-0.15, -0.1) is 0 Å². The van der Waals surface area contributed by atoms with Gasteiger partial charge in [-0.25, -0.2) is 0 Å². The van der Waals surface area contributed by atoms with E-state index in [9.17, 15) is 4.79 Å². The third-order valence-corrected chi connectivity index (χ3v) is 4.25. The molecule has 5 nitrogen and oxygen atoms in total. The number of carbonyl (C=O) groups excluding carboxylic acids is 1. The van der Waals surface area contributed by atoms with Crippen LogP contribution in [-0.4, -0.2) is 41.7 Å². The predicted octanol–water partition coefficient (Wildman–Crippen LogP) is 1.75. The average molecular weight is 291 g/mol. The summed E-state index contributed by atoms with van der Waals surface area (Å²) in [6, 6.07) is 6.06. The first kappa shape index (κ1) is 15.8. The highest BCUT2D eigenvalue weighted by Gasteiger charge is 2.24. The number of aliphatic hydroxyl groups excluding tert-OH is 1. The Hall–Kier alpha value is -1.59. The van der Waals surface area contributed by atoms with Crippen molar-refractivity contribution in [3.8, 4) is 0 Å². The van der Waals surface area contributed by atoms with Crippen molar-refractivity contribution in [2.24, 2.45) is 0 Å². The second-order valence-corrected chi connectivity index (χ2v) is 5.66. The molecule has 0 aromatic heterocycles. The van der Waals surface area contributed by atoms with E-state index in [1.165, 1.54) is 19.3 Å². The summed E-state index contributed by atoms with van der Waals surface area (Å²) in [7, 11) is 0. The molecule has 0 heterocycles. The summed E-state index contributed by atoms with van der Waals surface area (Å²) in [6.45, 7) is 3.39. The van der Waals surface area contributed by atoms with Crippen LogP contribution < -0.4 is 11.1 Å². The summed E-state index contributed by atoms with van der Waals surface area (Å²) >= 11 is 0. The number of rotatable bonds is 7. The summed E-state index contributed by atoms with van der Waals surface area (Å²) in [4.78, 5) is 14.3. The molecule has 0 spiro atoms. The molecule has 1 aliphatic rings. The van der Waals surface area contributed by atoms with Gasteiger partial charge < -0.3 is 16.2 Å². The fraction of sp³-hybridized carbons (Fsp3) is 0.562. The van der Waals surface area contributed by atoms with Crippen molar-refractivity contribution in [1.82, 2.24) is 4.90 Å². The van der Waals surface area contributed by atoms with Crippen LogP contribution in [0.25, 0.3) is 0 Å². The van der Waals surface area contributed by atoms with Crippen LogP contribution in [0.15, 0.2) is 18.2 Å². The molecule has 1 fully saturated rings. The molecule has 1 aromatic rings. The van der Waals surface area contributed by atoms with Crippen LogP contribution >= 0.6 is 0 Å². The van der Waals surface area contributed by atoms with Gasteiger partial charge in [-0.05, 0) is 37.5 Å². The largest absolute Gasteiger partial charge is 0.398 e. The number of nitrogens with two attached hydrogens (primary N) is 1. The van der Waals surface area contributed by atoms with Crippen molar-refractivity contribution in [1.29, 1.82) is 0 Å². The Balaban J connectivity index is 1.84. The zero-order valence-electron chi connectivity index (χ0n) is 12.6. The Morgan fingerprint density at radius 1 is 1.43 bits per heavy atom. The monoisotopic (exact) mass is 291 g/mol. The molecule has 4 N–H and O–H groups in total. The van der Waals surface area contributed by atoms with Crippen LogP contribution in [0, 0.1) is 6.92 Å². The number of nitrogens with one attached hydrogen (secondary N) is 1. The lowest BCUT2D eigenvalue weighted by Gasteiger charge is -2.37. The summed E-state index contributed by atoms with van der Waals surface area (Å²) < 4.78 is 0. The van der Waals surface area contributed by atoms with Crippen LogP contribution in [-0.2, 0) is 4.79 Å². The van der Waals surface area contributed by atoms with Gasteiger partial charge in [0.15, 0.2) is 0 Å². The quantitative estimate of drug-likeness (QED) is 0.669. The van der Waals surface area contributed by atoms with Gasteiger partial charge in [0, 0.05) is 36.9 Å². The molecule has 1 amide bonds. The molecule has 0 bridgehead atoms. The molecule has 0 unspecified atom stereocenters. The van der Waals surface area contributed by atoms with Gasteiger partial charge in [0.05, 0.1) is 6.61 Å². The van der Waals surface area contributed by atoms with Gasteiger partial charge in [0.1, 0.15) is 0 Å². The molecule has 21 heavy (non-hydrogen) atoms. The number of aliphatic hydroxyl groups is 1. The lowest BCUT2D eigenvalue weighted by atomic mass is 9.91. The number of benzene rings is 1. The van der Waals surface area contributed by atoms with Crippen molar-refractivity contribution in [3.63, 3.8) is 0 Å². The molecule has 1 aliphatic carbocycles. The van der Waals surface area contributed by atoms with E-state index in [0.29, 0.717) is 31.2 Å². The van der Waals surface area contributed by atoms with Gasteiger partial charge in [-0.3, -0.25) is 9.69 Å². The summed E-state index contributed by atoms with van der Waals surface area (Å²) in [6.07, 6.45) is 4.04. The lowest BCUT2D eigenvalue weighted by molar-refractivity contribution is -0.116. The highest BCUT2D eigenvalue weighted by atomic mass is 16.3. The summed E-state index contributed by atoms with van der Waals surface area (Å²) in [5, 5.41) is 12.0. The molecular weight excluding hydrogens is 266 g/mol. The van der Waals surface area contributed by atoms with E-state index in [1.807, 2.05) is 25.1 Å². The Kier molecular flexibility index (Phi) is 5.59. The Morgan fingerprint density at radius 2 is 2.19 bits per heavy atom. The van der Waals surface area contributed by atoms with Crippen molar-refractivity contribution in [3.05, 3.63) is 23.8 Å². The molecule has 1 saturated carbocycles. The first-order valence-electron chi connectivity index (χ1n) is 7.61. The maximum Gasteiger partial charge on any atom is 0.225 e. The minimum absolute atomic E-state index is 0.00837. The van der Waals surface area contributed by atoms with Gasteiger partial charge >= 0.3 is 0 Å². The standard InChI is InChI=1S/C16H25N3O2/c1-12-14(17)6-3-7-15(12)18-16(21)8-9-19(10-11-20)13-4-2-5-13/h3,6-7,13,20H,2,4-5,8-11,17H2,1H3,(H,18,21). The fourth-order valence-electron chi connectivity index (χ4n) is 2.60. The highest BCUT2D eigenvalue weighted by molar-refractivity contribution is 5.92. The first-order valence-corrected chi connectivity index (χ1v) is 7.61. The molecule has 2 rings (SSSR count). The summed E-state index contributed by atoms with van der Waals surface area (Å²) in [5.74, 6) is -0.00837. The van der Waals surface area contributed by atoms with Gasteiger partial charge in [-0.1, -0.05) is 12.5 Å². The zero-order valence-corrected chi connectivity index (χ0v) is 12.6. The number of anilines is 2. The number of amides is 1. The van der Waals surface area contributed by atoms with Gasteiger partial charge in [0.2, 0.25) is 5.91 Å². The predicted molar refractivity (Wildman–Crippen MR) is 85.1 cm³/mol. The number of hydrogen-bond acceptors (Lipinski definition) is 4. The Labute approximate surface area is 126 Å². The lowest BCUT2D eigenvalue weighted by Crippen LogP contribution is -2.43. The van der Waals surface area contributed by atoms with E-state index < -0.39 is 0 Å². The molecule has 1 aromatic carbocycles. The van der Waals surface area contributed by atoms with Crippen molar-refractivity contribution >= 4 is 17.3 Å². The minimum Gasteiger partial charge on any atom is -0.398 e. The van der Waals surface area contributed by atoms with E-state index >= 15 is 0 Å². The molecule has 116 valence electrons. The van der Waals surface area contributed by atoms with Crippen molar-refractivity contribution < 1.29 is 9.90 Å². The van der Waals surface area contributed by atoms with E-state index in [-0.39, 0.29) is 12.5 Å². The Morgan fingerprint density at radius 3 is 2.81 bits per heavy atom. The van der Waals surface area contributed by atoms with E-state index in [1.54, 1.807) is 0 Å². The van der Waals surface area contributed by atoms with E-state index in [0.717, 1.165) is 11.3 Å².